The molecule has 0 fully saturated rings. The van der Waals surface area contributed by atoms with E-state index in [4.69, 9.17) is 5.73 Å². The maximum Gasteiger partial charge on any atom is 0.0489 e. The van der Waals surface area contributed by atoms with Crippen molar-refractivity contribution in [1.82, 2.24) is 4.98 Å². The fourth-order valence-electron chi connectivity index (χ4n) is 1.98. The summed E-state index contributed by atoms with van der Waals surface area (Å²) in [6, 6.07) is 4.30. The molecule has 0 aliphatic heterocycles. The van der Waals surface area contributed by atoms with Crippen molar-refractivity contribution in [3.8, 4) is 0 Å². The number of H-pyrrole nitrogens is 1. The summed E-state index contributed by atoms with van der Waals surface area (Å²) in [4.78, 5) is 3.32. The molecule has 2 rings (SSSR count). The summed E-state index contributed by atoms with van der Waals surface area (Å²) in [7, 11) is 0. The van der Waals surface area contributed by atoms with Crippen LogP contribution in [0.25, 0.3) is 10.9 Å². The second-order valence-corrected chi connectivity index (χ2v) is 4.85. The molecule has 0 saturated heterocycles. The van der Waals surface area contributed by atoms with Crippen LogP contribution in [-0.4, -0.2) is 4.98 Å². The van der Waals surface area contributed by atoms with Crippen LogP contribution in [0.1, 0.15) is 30.5 Å². The number of fused-ring (bicyclic) bond motifs is 1. The fourth-order valence-corrected chi connectivity index (χ4v) is 1.98. The van der Waals surface area contributed by atoms with Gasteiger partial charge < -0.3 is 10.7 Å². The number of aromatic amines is 1. The Hall–Kier alpha value is -1.28. The first kappa shape index (κ1) is 10.2. The van der Waals surface area contributed by atoms with Gasteiger partial charge in [-0.25, -0.2) is 0 Å². The number of hydrogen-bond acceptors (Lipinski definition) is 1. The van der Waals surface area contributed by atoms with Crippen LogP contribution < -0.4 is 5.73 Å². The molecule has 1 heterocycles. The first-order chi connectivity index (χ1) is 6.91. The van der Waals surface area contributed by atoms with E-state index in [1.807, 2.05) is 20.0 Å². The molecule has 80 valence electrons. The third-order valence-corrected chi connectivity index (χ3v) is 3.08. The Morgan fingerprint density at radius 2 is 1.87 bits per heavy atom. The Balaban J connectivity index is 2.78. The van der Waals surface area contributed by atoms with Crippen LogP contribution in [0.4, 0.5) is 0 Å². The van der Waals surface area contributed by atoms with Crippen LogP contribution in [0, 0.1) is 13.8 Å². The summed E-state index contributed by atoms with van der Waals surface area (Å²) in [5.41, 5.74) is 10.9. The molecule has 0 aliphatic rings. The topological polar surface area (TPSA) is 41.8 Å². The van der Waals surface area contributed by atoms with E-state index in [-0.39, 0.29) is 5.54 Å². The quantitative estimate of drug-likeness (QED) is 0.733. The highest BCUT2D eigenvalue weighted by Crippen LogP contribution is 2.29. The summed E-state index contributed by atoms with van der Waals surface area (Å²) < 4.78 is 0. The molecule has 2 heteroatoms. The molecule has 3 N–H and O–H groups in total. The predicted octanol–water partition coefficient (Wildman–Crippen LogP) is 2.98. The van der Waals surface area contributed by atoms with Gasteiger partial charge in [-0.3, -0.25) is 0 Å². The minimum absolute atomic E-state index is 0.292. The van der Waals surface area contributed by atoms with Crippen LogP contribution >= 0.6 is 0 Å². The Kier molecular flexibility index (Phi) is 2.12. The minimum Gasteiger partial charge on any atom is -0.361 e. The number of nitrogens with one attached hydrogen (secondary N) is 1. The van der Waals surface area contributed by atoms with E-state index >= 15 is 0 Å². The van der Waals surface area contributed by atoms with Crippen molar-refractivity contribution in [2.45, 2.75) is 33.2 Å². The molecular formula is C13H18N2. The Bertz CT molecular complexity index is 501. The van der Waals surface area contributed by atoms with Crippen molar-refractivity contribution in [3.63, 3.8) is 0 Å². The lowest BCUT2D eigenvalue weighted by molar-refractivity contribution is 0.559. The van der Waals surface area contributed by atoms with Crippen LogP contribution in [0.5, 0.6) is 0 Å². The maximum absolute atomic E-state index is 6.14. The zero-order valence-electron chi connectivity index (χ0n) is 9.81. The molecule has 2 nitrogen and oxygen atoms in total. The molecule has 0 saturated carbocycles. The number of aryl methyl sites for hydroxylation is 2. The van der Waals surface area contributed by atoms with Crippen molar-refractivity contribution in [2.24, 2.45) is 5.73 Å². The monoisotopic (exact) mass is 202 g/mol. The smallest absolute Gasteiger partial charge is 0.0489 e. The summed E-state index contributed by atoms with van der Waals surface area (Å²) in [5, 5.41) is 1.24. The van der Waals surface area contributed by atoms with Crippen LogP contribution in [0.15, 0.2) is 18.3 Å². The van der Waals surface area contributed by atoms with Gasteiger partial charge in [-0.2, -0.15) is 0 Å². The van der Waals surface area contributed by atoms with Gasteiger partial charge in [-0.15, -0.1) is 0 Å². The molecule has 0 amide bonds. The maximum atomic E-state index is 6.14. The molecule has 0 unspecified atom stereocenters. The van der Waals surface area contributed by atoms with E-state index in [1.54, 1.807) is 0 Å². The van der Waals surface area contributed by atoms with Gasteiger partial charge in [-0.1, -0.05) is 12.1 Å². The van der Waals surface area contributed by atoms with Gasteiger partial charge in [0, 0.05) is 22.6 Å². The zero-order valence-corrected chi connectivity index (χ0v) is 9.81. The summed E-state index contributed by atoms with van der Waals surface area (Å²) >= 11 is 0. The highest BCUT2D eigenvalue weighted by Gasteiger charge is 2.19. The molecule has 2 aromatic rings. The van der Waals surface area contributed by atoms with E-state index in [0.29, 0.717) is 0 Å². The highest BCUT2D eigenvalue weighted by molar-refractivity contribution is 5.87. The highest BCUT2D eigenvalue weighted by atomic mass is 14.8. The van der Waals surface area contributed by atoms with E-state index in [0.717, 1.165) is 0 Å². The molecule has 15 heavy (non-hydrogen) atoms. The molecule has 0 aliphatic carbocycles. The van der Waals surface area contributed by atoms with Gasteiger partial charge in [0.25, 0.3) is 0 Å². The van der Waals surface area contributed by atoms with Crippen molar-refractivity contribution in [2.75, 3.05) is 0 Å². The van der Waals surface area contributed by atoms with Crippen molar-refractivity contribution >= 4 is 10.9 Å². The van der Waals surface area contributed by atoms with Crippen molar-refractivity contribution < 1.29 is 0 Å². The Morgan fingerprint density at radius 1 is 1.20 bits per heavy atom. The van der Waals surface area contributed by atoms with Gasteiger partial charge >= 0.3 is 0 Å². The van der Waals surface area contributed by atoms with Gasteiger partial charge in [0.15, 0.2) is 0 Å². The van der Waals surface area contributed by atoms with Crippen LogP contribution in [-0.2, 0) is 5.54 Å². The minimum atomic E-state index is -0.292. The first-order valence-electron chi connectivity index (χ1n) is 5.28. The average Bonchev–Trinajstić information content (AvgIpc) is 2.54. The second-order valence-electron chi connectivity index (χ2n) is 4.85. The Morgan fingerprint density at radius 3 is 2.47 bits per heavy atom. The van der Waals surface area contributed by atoms with Crippen LogP contribution in [0.2, 0.25) is 0 Å². The van der Waals surface area contributed by atoms with Gasteiger partial charge in [-0.05, 0) is 44.4 Å². The lowest BCUT2D eigenvalue weighted by Crippen LogP contribution is -2.28. The summed E-state index contributed by atoms with van der Waals surface area (Å²) in [5.74, 6) is 0. The summed E-state index contributed by atoms with van der Waals surface area (Å²) in [6.07, 6.45) is 2.02. The predicted molar refractivity (Wildman–Crippen MR) is 65.0 cm³/mol. The standard InChI is InChI=1S/C13H18N2/c1-8-5-6-10-11(13(3,4)14)7-15-12(10)9(8)2/h5-7,15H,14H2,1-4H3. The molecule has 0 spiro atoms. The Labute approximate surface area is 90.5 Å². The van der Waals surface area contributed by atoms with Crippen molar-refractivity contribution in [1.29, 1.82) is 0 Å². The number of aromatic nitrogens is 1. The third-order valence-electron chi connectivity index (χ3n) is 3.08. The first-order valence-corrected chi connectivity index (χ1v) is 5.28. The summed E-state index contributed by atoms with van der Waals surface area (Å²) in [6.45, 7) is 8.33. The molecule has 0 atom stereocenters. The molecular weight excluding hydrogens is 184 g/mol. The second kappa shape index (κ2) is 3.11. The number of nitrogens with two attached hydrogens (primary N) is 1. The van der Waals surface area contributed by atoms with Crippen molar-refractivity contribution in [3.05, 3.63) is 35.0 Å². The SMILES string of the molecule is Cc1ccc2c(C(C)(C)N)c[nH]c2c1C. The lowest BCUT2D eigenvalue weighted by Gasteiger charge is -2.17. The number of rotatable bonds is 1. The van der Waals surface area contributed by atoms with E-state index in [1.165, 1.54) is 27.6 Å². The van der Waals surface area contributed by atoms with Crippen LogP contribution in [0.3, 0.4) is 0 Å². The fraction of sp³-hybridized carbons (Fsp3) is 0.385. The largest absolute Gasteiger partial charge is 0.361 e. The number of benzene rings is 1. The van der Waals surface area contributed by atoms with E-state index < -0.39 is 0 Å². The lowest BCUT2D eigenvalue weighted by atomic mass is 9.94. The normalized spacial score (nSPS) is 12.3. The molecule has 0 bridgehead atoms. The molecule has 0 radical (unpaired) electrons. The van der Waals surface area contributed by atoms with E-state index in [2.05, 4.69) is 31.0 Å². The average molecular weight is 202 g/mol. The van der Waals surface area contributed by atoms with Gasteiger partial charge in [0.2, 0.25) is 0 Å². The van der Waals surface area contributed by atoms with Gasteiger partial charge in [0.1, 0.15) is 0 Å². The zero-order chi connectivity index (χ0) is 11.2. The van der Waals surface area contributed by atoms with E-state index in [9.17, 15) is 0 Å². The number of hydrogen-bond donors (Lipinski definition) is 2. The third kappa shape index (κ3) is 1.55. The molecule has 1 aromatic heterocycles. The van der Waals surface area contributed by atoms with Gasteiger partial charge in [0.05, 0.1) is 0 Å². The molecule has 1 aromatic carbocycles.